The lowest BCUT2D eigenvalue weighted by atomic mass is 9.83. The van der Waals surface area contributed by atoms with E-state index in [1.165, 1.54) is 0 Å². The van der Waals surface area contributed by atoms with Crippen LogP contribution in [-0.4, -0.2) is 17.3 Å². The third-order valence-electron chi connectivity index (χ3n) is 2.93. The van der Waals surface area contributed by atoms with Crippen molar-refractivity contribution in [1.29, 1.82) is 0 Å². The summed E-state index contributed by atoms with van der Waals surface area (Å²) in [4.78, 5) is 10.9. The molecule has 19 heavy (non-hydrogen) atoms. The van der Waals surface area contributed by atoms with Crippen molar-refractivity contribution in [2.75, 3.05) is 0 Å². The molecule has 1 aliphatic rings. The van der Waals surface area contributed by atoms with E-state index in [1.54, 1.807) is 0 Å². The van der Waals surface area contributed by atoms with Gasteiger partial charge < -0.3 is 5.11 Å². The first-order chi connectivity index (χ1) is 8.70. The van der Waals surface area contributed by atoms with Crippen molar-refractivity contribution in [3.63, 3.8) is 0 Å². The minimum atomic E-state index is -4.66. The van der Waals surface area contributed by atoms with Gasteiger partial charge in [0.25, 0.3) is 0 Å². The molecule has 1 N–H and O–H groups in total. The quantitative estimate of drug-likeness (QED) is 0.791. The van der Waals surface area contributed by atoms with Gasteiger partial charge in [0.2, 0.25) is 0 Å². The number of carboxylic acids is 1. The molecule has 1 aromatic carbocycles. The summed E-state index contributed by atoms with van der Waals surface area (Å²) < 4.78 is 52.0. The summed E-state index contributed by atoms with van der Waals surface area (Å²) in [7, 11) is 0. The van der Waals surface area contributed by atoms with Gasteiger partial charge in [-0.15, -0.1) is 0 Å². The largest absolute Gasteiger partial charge is 0.478 e. The molecule has 0 aliphatic heterocycles. The molecule has 0 aromatic heterocycles. The summed E-state index contributed by atoms with van der Waals surface area (Å²) in [6.45, 7) is 0. The molecule has 0 spiro atoms. The predicted molar refractivity (Wildman–Crippen MR) is 63.0 cm³/mol. The number of hydrogen-bond donors (Lipinski definition) is 1. The van der Waals surface area contributed by atoms with Crippen molar-refractivity contribution in [1.82, 2.24) is 0 Å². The van der Waals surface area contributed by atoms with Crippen molar-refractivity contribution in [3.8, 4) is 0 Å². The molecule has 1 unspecified atom stereocenters. The molecular formula is C12H7BrF4O2. The number of rotatable bonds is 1. The van der Waals surface area contributed by atoms with E-state index < -0.39 is 35.9 Å². The minimum Gasteiger partial charge on any atom is -0.478 e. The molecule has 0 radical (unpaired) electrons. The third kappa shape index (κ3) is 2.65. The maximum atomic E-state index is 13.2. The van der Waals surface area contributed by atoms with Crippen LogP contribution in [0.4, 0.5) is 17.6 Å². The summed E-state index contributed by atoms with van der Waals surface area (Å²) in [5.41, 5.74) is -0.351. The molecule has 102 valence electrons. The number of benzene rings is 1. The van der Waals surface area contributed by atoms with E-state index in [9.17, 15) is 22.4 Å². The van der Waals surface area contributed by atoms with Crippen LogP contribution in [-0.2, 0) is 11.2 Å². The van der Waals surface area contributed by atoms with Crippen LogP contribution in [0.2, 0.25) is 0 Å². The molecule has 0 saturated heterocycles. The maximum Gasteiger partial charge on any atom is 0.396 e. The third-order valence-corrected chi connectivity index (χ3v) is 3.64. The minimum absolute atomic E-state index is 0.157. The molecule has 0 amide bonds. The van der Waals surface area contributed by atoms with E-state index in [0.29, 0.717) is 0 Å². The fourth-order valence-electron chi connectivity index (χ4n) is 2.05. The van der Waals surface area contributed by atoms with Crippen LogP contribution in [0.15, 0.2) is 22.2 Å². The van der Waals surface area contributed by atoms with Gasteiger partial charge in [0.15, 0.2) is 0 Å². The second kappa shape index (κ2) is 4.63. The Kier molecular flexibility index (Phi) is 3.42. The molecule has 0 bridgehead atoms. The fraction of sp³-hybridized carbons (Fsp3) is 0.250. The van der Waals surface area contributed by atoms with Crippen molar-refractivity contribution < 1.29 is 27.5 Å². The summed E-state index contributed by atoms with van der Waals surface area (Å²) in [5, 5.41) is 8.86. The maximum absolute atomic E-state index is 13.2. The Morgan fingerprint density at radius 3 is 2.53 bits per heavy atom. The zero-order valence-electron chi connectivity index (χ0n) is 9.26. The van der Waals surface area contributed by atoms with Gasteiger partial charge in [-0.2, -0.15) is 13.2 Å². The first-order valence-electron chi connectivity index (χ1n) is 5.19. The van der Waals surface area contributed by atoms with Crippen molar-refractivity contribution in [2.24, 2.45) is 5.92 Å². The molecular weight excluding hydrogens is 332 g/mol. The van der Waals surface area contributed by atoms with Gasteiger partial charge in [0, 0.05) is 4.47 Å². The topological polar surface area (TPSA) is 37.3 Å². The van der Waals surface area contributed by atoms with Crippen LogP contribution < -0.4 is 0 Å². The second-order valence-electron chi connectivity index (χ2n) is 4.16. The Bertz CT molecular complexity index is 578. The van der Waals surface area contributed by atoms with Gasteiger partial charge in [-0.3, -0.25) is 0 Å². The average Bonchev–Trinajstić information content (AvgIpc) is 2.25. The number of hydrogen-bond acceptors (Lipinski definition) is 1. The van der Waals surface area contributed by atoms with E-state index in [0.717, 1.165) is 18.2 Å². The Morgan fingerprint density at radius 1 is 1.37 bits per heavy atom. The van der Waals surface area contributed by atoms with Crippen LogP contribution in [0.25, 0.3) is 6.08 Å². The first kappa shape index (κ1) is 14.0. The monoisotopic (exact) mass is 338 g/mol. The van der Waals surface area contributed by atoms with E-state index in [1.807, 2.05) is 0 Å². The molecule has 7 heteroatoms. The van der Waals surface area contributed by atoms with E-state index in [-0.39, 0.29) is 15.6 Å². The molecule has 0 saturated carbocycles. The fourth-order valence-corrected chi connectivity index (χ4v) is 2.66. The standard InChI is InChI=1S/C12H7BrF4O2/c13-10-3-6(14)1-5-2-8(11(18)19)9(4-7(5)10)12(15,16)17/h1-3,9H,4H2,(H,18,19). The lowest BCUT2D eigenvalue weighted by Crippen LogP contribution is -2.32. The number of alkyl halides is 3. The number of aliphatic carboxylic acids is 1. The summed E-state index contributed by atoms with van der Waals surface area (Å²) in [6.07, 6.45) is -4.29. The Morgan fingerprint density at radius 2 is 2.00 bits per heavy atom. The summed E-state index contributed by atoms with van der Waals surface area (Å²) in [6, 6.07) is 2.08. The van der Waals surface area contributed by atoms with Gasteiger partial charge in [0.1, 0.15) is 5.82 Å². The van der Waals surface area contributed by atoms with E-state index >= 15 is 0 Å². The lowest BCUT2D eigenvalue weighted by molar-refractivity contribution is -0.169. The Hall–Kier alpha value is -1.37. The number of carbonyl (C=O) groups is 1. The highest BCUT2D eigenvalue weighted by atomic mass is 79.9. The molecule has 1 aliphatic carbocycles. The number of halogens is 5. The highest BCUT2D eigenvalue weighted by Crippen LogP contribution is 2.41. The van der Waals surface area contributed by atoms with Crippen molar-refractivity contribution in [2.45, 2.75) is 12.6 Å². The lowest BCUT2D eigenvalue weighted by Gasteiger charge is -2.26. The molecule has 1 aromatic rings. The van der Waals surface area contributed by atoms with E-state index in [4.69, 9.17) is 5.11 Å². The van der Waals surface area contributed by atoms with Gasteiger partial charge in [-0.1, -0.05) is 15.9 Å². The zero-order valence-corrected chi connectivity index (χ0v) is 10.8. The van der Waals surface area contributed by atoms with E-state index in [2.05, 4.69) is 15.9 Å². The van der Waals surface area contributed by atoms with Crippen LogP contribution in [0.5, 0.6) is 0 Å². The zero-order chi connectivity index (χ0) is 14.4. The molecule has 0 fully saturated rings. The summed E-state index contributed by atoms with van der Waals surface area (Å²) >= 11 is 3.00. The molecule has 2 rings (SSSR count). The van der Waals surface area contributed by atoms with Gasteiger partial charge >= 0.3 is 12.1 Å². The number of fused-ring (bicyclic) bond motifs is 1. The molecule has 0 heterocycles. The van der Waals surface area contributed by atoms with Gasteiger partial charge in [-0.05, 0) is 35.8 Å². The Labute approximate surface area is 113 Å². The van der Waals surface area contributed by atoms with Crippen molar-refractivity contribution in [3.05, 3.63) is 39.1 Å². The highest BCUT2D eigenvalue weighted by molar-refractivity contribution is 9.10. The SMILES string of the molecule is O=C(O)C1=Cc2cc(F)cc(Br)c2CC1C(F)(F)F. The average molecular weight is 339 g/mol. The van der Waals surface area contributed by atoms with Crippen LogP contribution in [0.1, 0.15) is 11.1 Å². The number of carboxylic acid groups (broad SMARTS) is 1. The van der Waals surface area contributed by atoms with Crippen LogP contribution >= 0.6 is 15.9 Å². The highest BCUT2D eigenvalue weighted by Gasteiger charge is 2.46. The van der Waals surface area contributed by atoms with Crippen LogP contribution in [0, 0.1) is 11.7 Å². The molecule has 2 nitrogen and oxygen atoms in total. The smallest absolute Gasteiger partial charge is 0.396 e. The Balaban J connectivity index is 2.61. The van der Waals surface area contributed by atoms with Crippen molar-refractivity contribution >= 4 is 28.0 Å². The normalized spacial score (nSPS) is 18.8. The molecule has 1 atom stereocenters. The predicted octanol–water partition coefficient (Wildman–Crippen LogP) is 3.79. The second-order valence-corrected chi connectivity index (χ2v) is 5.01. The van der Waals surface area contributed by atoms with Gasteiger partial charge in [-0.25, -0.2) is 9.18 Å². The first-order valence-corrected chi connectivity index (χ1v) is 5.99. The summed E-state index contributed by atoms with van der Waals surface area (Å²) in [5.74, 6) is -4.37. The van der Waals surface area contributed by atoms with Gasteiger partial charge in [0.05, 0.1) is 11.5 Å². The van der Waals surface area contributed by atoms with Crippen LogP contribution in [0.3, 0.4) is 0 Å².